The largest absolute Gasteiger partial charge is 0.494 e. The van der Waals surface area contributed by atoms with Gasteiger partial charge in [0, 0.05) is 37.2 Å². The number of hydrogen-bond acceptors (Lipinski definition) is 5. The lowest BCUT2D eigenvalue weighted by molar-refractivity contribution is 0.340. The molecule has 0 amide bonds. The molecule has 0 aliphatic carbocycles. The first-order chi connectivity index (χ1) is 14.4. The number of anilines is 1. The van der Waals surface area contributed by atoms with Gasteiger partial charge in [0.1, 0.15) is 5.75 Å². The fraction of sp³-hybridized carbons (Fsp3) is 0.381. The molecular weight excluding hydrogens is 384 g/mol. The van der Waals surface area contributed by atoms with E-state index in [0.717, 1.165) is 42.3 Å². The highest BCUT2D eigenvalue weighted by Gasteiger charge is 2.20. The average molecular weight is 410 g/mol. The monoisotopic (exact) mass is 410 g/mol. The number of rotatable bonds is 7. The zero-order valence-corrected chi connectivity index (χ0v) is 17.7. The summed E-state index contributed by atoms with van der Waals surface area (Å²) in [5.41, 5.74) is 2.94. The smallest absolute Gasteiger partial charge is 0.329 e. The molecule has 9 heteroatoms. The van der Waals surface area contributed by atoms with E-state index in [-0.39, 0.29) is 0 Å². The van der Waals surface area contributed by atoms with Crippen molar-refractivity contribution in [1.82, 2.24) is 23.5 Å². The van der Waals surface area contributed by atoms with Gasteiger partial charge in [-0.05, 0) is 51.5 Å². The van der Waals surface area contributed by atoms with E-state index in [9.17, 15) is 9.59 Å². The molecule has 0 saturated carbocycles. The van der Waals surface area contributed by atoms with E-state index in [1.807, 2.05) is 49.4 Å². The second-order valence-electron chi connectivity index (χ2n) is 7.30. The van der Waals surface area contributed by atoms with Crippen molar-refractivity contribution in [1.29, 1.82) is 0 Å². The van der Waals surface area contributed by atoms with Gasteiger partial charge >= 0.3 is 5.69 Å². The summed E-state index contributed by atoms with van der Waals surface area (Å²) in [6, 6.07) is 7.91. The molecule has 3 heterocycles. The van der Waals surface area contributed by atoms with Crippen molar-refractivity contribution in [3.63, 3.8) is 0 Å². The minimum Gasteiger partial charge on any atom is -0.494 e. The van der Waals surface area contributed by atoms with Crippen LogP contribution in [0.1, 0.15) is 24.7 Å². The zero-order chi connectivity index (χ0) is 21.4. The number of H-pyrrole nitrogens is 1. The maximum Gasteiger partial charge on any atom is 0.329 e. The van der Waals surface area contributed by atoms with E-state index in [2.05, 4.69) is 19.9 Å². The molecule has 0 bridgehead atoms. The Morgan fingerprint density at radius 1 is 1.13 bits per heavy atom. The molecule has 0 atom stereocenters. The summed E-state index contributed by atoms with van der Waals surface area (Å²) in [6.45, 7) is 8.12. The highest BCUT2D eigenvalue weighted by Crippen LogP contribution is 2.21. The fourth-order valence-corrected chi connectivity index (χ4v) is 3.75. The summed E-state index contributed by atoms with van der Waals surface area (Å²) in [5.74, 6) is 1.53. The third-order valence-corrected chi connectivity index (χ3v) is 5.46. The van der Waals surface area contributed by atoms with Crippen LogP contribution in [0.15, 0.2) is 33.9 Å². The van der Waals surface area contributed by atoms with Crippen LogP contribution < -0.4 is 21.3 Å². The molecule has 2 N–H and O–H groups in total. The molecule has 0 fully saturated rings. The summed E-state index contributed by atoms with van der Waals surface area (Å²) in [7, 11) is 1.61. The van der Waals surface area contributed by atoms with Crippen molar-refractivity contribution in [2.24, 2.45) is 7.05 Å². The van der Waals surface area contributed by atoms with Gasteiger partial charge in [-0.15, -0.1) is 0 Å². The highest BCUT2D eigenvalue weighted by molar-refractivity contribution is 5.76. The van der Waals surface area contributed by atoms with E-state index in [4.69, 9.17) is 4.74 Å². The summed E-state index contributed by atoms with van der Waals surface area (Å²) in [4.78, 5) is 31.3. The molecule has 1 aromatic carbocycles. The van der Waals surface area contributed by atoms with Gasteiger partial charge in [0.15, 0.2) is 11.2 Å². The number of aromatic amines is 1. The minimum absolute atomic E-state index is 0.392. The van der Waals surface area contributed by atoms with Crippen LogP contribution in [0.25, 0.3) is 16.9 Å². The van der Waals surface area contributed by atoms with Crippen LogP contribution in [0, 0.1) is 13.8 Å². The van der Waals surface area contributed by atoms with Gasteiger partial charge in [-0.1, -0.05) is 0 Å². The summed E-state index contributed by atoms with van der Waals surface area (Å²) >= 11 is 0. The summed E-state index contributed by atoms with van der Waals surface area (Å²) in [5, 5.41) is 3.41. The summed E-state index contributed by atoms with van der Waals surface area (Å²) < 4.78 is 10.8. The molecule has 3 aromatic heterocycles. The van der Waals surface area contributed by atoms with Gasteiger partial charge < -0.3 is 14.6 Å². The molecule has 9 nitrogen and oxygen atoms in total. The van der Waals surface area contributed by atoms with Crippen molar-refractivity contribution in [3.05, 3.63) is 56.5 Å². The number of aryl methyl sites for hydroxylation is 3. The van der Waals surface area contributed by atoms with E-state index in [1.165, 1.54) is 4.57 Å². The quantitative estimate of drug-likeness (QED) is 0.455. The van der Waals surface area contributed by atoms with E-state index < -0.39 is 11.2 Å². The number of nitrogens with one attached hydrogen (secondary N) is 2. The van der Waals surface area contributed by atoms with Gasteiger partial charge in [-0.25, -0.2) is 4.79 Å². The number of imidazole rings is 2. The van der Waals surface area contributed by atoms with Gasteiger partial charge in [0.2, 0.25) is 5.78 Å². The molecule has 0 aliphatic rings. The predicted molar refractivity (Wildman–Crippen MR) is 117 cm³/mol. The molecule has 0 unspecified atom stereocenters. The number of hydrogen-bond donors (Lipinski definition) is 2. The maximum absolute atomic E-state index is 12.4. The SMILES string of the molecule is CCOc1ccc(NCCCn2c(C)c(C)n3c4c(=O)[nH]c(=O)n(C)c4nc23)cc1. The lowest BCUT2D eigenvalue weighted by atomic mass is 10.3. The molecule has 0 saturated heterocycles. The fourth-order valence-electron chi connectivity index (χ4n) is 3.75. The normalized spacial score (nSPS) is 11.5. The van der Waals surface area contributed by atoms with Gasteiger partial charge in [0.05, 0.1) is 6.61 Å². The van der Waals surface area contributed by atoms with Crippen LogP contribution in [0.4, 0.5) is 5.69 Å². The third-order valence-electron chi connectivity index (χ3n) is 5.46. The number of benzene rings is 1. The lowest BCUT2D eigenvalue weighted by Gasteiger charge is -2.09. The average Bonchev–Trinajstić information content (AvgIpc) is 3.22. The Labute approximate surface area is 172 Å². The first kappa shape index (κ1) is 19.8. The van der Waals surface area contributed by atoms with Crippen LogP contribution in [0.2, 0.25) is 0 Å². The number of nitrogens with zero attached hydrogens (tertiary/aromatic N) is 4. The van der Waals surface area contributed by atoms with Crippen molar-refractivity contribution < 1.29 is 4.74 Å². The Kier molecular flexibility index (Phi) is 5.11. The van der Waals surface area contributed by atoms with Gasteiger partial charge in [-0.2, -0.15) is 4.98 Å². The highest BCUT2D eigenvalue weighted by atomic mass is 16.5. The first-order valence-corrected chi connectivity index (χ1v) is 10.1. The Balaban J connectivity index is 1.56. The number of aromatic nitrogens is 5. The van der Waals surface area contributed by atoms with E-state index in [0.29, 0.717) is 23.5 Å². The molecule has 0 radical (unpaired) electrons. The molecule has 4 aromatic rings. The molecule has 0 aliphatic heterocycles. The van der Waals surface area contributed by atoms with E-state index >= 15 is 0 Å². The van der Waals surface area contributed by atoms with Crippen molar-refractivity contribution >= 4 is 22.6 Å². The topological polar surface area (TPSA) is 98.4 Å². The number of fused-ring (bicyclic) bond motifs is 3. The zero-order valence-electron chi connectivity index (χ0n) is 17.7. The van der Waals surface area contributed by atoms with Crippen LogP contribution in [-0.4, -0.2) is 36.7 Å². The van der Waals surface area contributed by atoms with Crippen molar-refractivity contribution in [3.8, 4) is 5.75 Å². The molecule has 4 rings (SSSR count). The van der Waals surface area contributed by atoms with Crippen LogP contribution in [-0.2, 0) is 13.6 Å². The second-order valence-corrected chi connectivity index (χ2v) is 7.30. The molecular formula is C21H26N6O3. The Morgan fingerprint density at radius 3 is 2.57 bits per heavy atom. The minimum atomic E-state index is -0.464. The predicted octanol–water partition coefficient (Wildman–Crippen LogP) is 2.19. The Hall–Kier alpha value is -3.49. The first-order valence-electron chi connectivity index (χ1n) is 10.1. The Bertz CT molecular complexity index is 1320. The Morgan fingerprint density at radius 2 is 1.87 bits per heavy atom. The van der Waals surface area contributed by atoms with Gasteiger partial charge in [-0.3, -0.25) is 18.7 Å². The number of ether oxygens (including phenoxy) is 1. The van der Waals surface area contributed by atoms with Crippen LogP contribution in [0.3, 0.4) is 0 Å². The third kappa shape index (κ3) is 3.26. The molecule has 158 valence electrons. The standard InChI is InChI=1S/C21H26N6O3/c1-5-30-16-9-7-15(8-10-16)22-11-6-12-26-13(2)14(3)27-17-18(23-20(26)27)25(4)21(29)24-19(17)28/h7-10,22H,5-6,11-12H2,1-4H3,(H,24,28,29). The van der Waals surface area contributed by atoms with Crippen LogP contribution in [0.5, 0.6) is 5.75 Å². The van der Waals surface area contributed by atoms with Gasteiger partial charge in [0.25, 0.3) is 5.56 Å². The van der Waals surface area contributed by atoms with Crippen molar-refractivity contribution in [2.75, 3.05) is 18.5 Å². The van der Waals surface area contributed by atoms with Crippen LogP contribution >= 0.6 is 0 Å². The molecule has 0 spiro atoms. The van der Waals surface area contributed by atoms with Crippen molar-refractivity contribution in [2.45, 2.75) is 33.7 Å². The van der Waals surface area contributed by atoms with E-state index in [1.54, 1.807) is 7.05 Å². The maximum atomic E-state index is 12.4. The second kappa shape index (κ2) is 7.74. The lowest BCUT2D eigenvalue weighted by Crippen LogP contribution is -2.28. The molecule has 30 heavy (non-hydrogen) atoms. The summed E-state index contributed by atoms with van der Waals surface area (Å²) in [6.07, 6.45) is 0.871.